The molecule has 4 N–H and O–H groups in total. The molecular weight excluding hydrogens is 508 g/mol. The summed E-state index contributed by atoms with van der Waals surface area (Å²) in [6.07, 6.45) is 1.36. The summed E-state index contributed by atoms with van der Waals surface area (Å²) in [5.74, 6) is 0.776. The smallest absolute Gasteiger partial charge is 0.414 e. The zero-order chi connectivity index (χ0) is 26.3. The van der Waals surface area contributed by atoms with E-state index in [2.05, 4.69) is 25.9 Å². The molecule has 2 saturated heterocycles. The van der Waals surface area contributed by atoms with Gasteiger partial charge in [0, 0.05) is 41.5 Å². The van der Waals surface area contributed by atoms with E-state index in [4.69, 9.17) is 9.47 Å². The monoisotopic (exact) mass is 536 g/mol. The average Bonchev–Trinajstić information content (AvgIpc) is 3.53. The summed E-state index contributed by atoms with van der Waals surface area (Å²) in [6.45, 7) is 1.75. The Bertz CT molecular complexity index is 1400. The molecule has 3 aromatic rings. The number of cyclic esters (lactones) is 1. The van der Waals surface area contributed by atoms with E-state index in [1.807, 2.05) is 24.3 Å². The zero-order valence-electron chi connectivity index (χ0n) is 20.8. The van der Waals surface area contributed by atoms with Gasteiger partial charge in [-0.25, -0.2) is 9.78 Å². The maximum atomic E-state index is 12.8. The van der Waals surface area contributed by atoms with Crippen molar-refractivity contribution >= 4 is 46.2 Å². The summed E-state index contributed by atoms with van der Waals surface area (Å²) in [5, 5.41) is 21.2. The van der Waals surface area contributed by atoms with Gasteiger partial charge in [-0.1, -0.05) is 0 Å². The van der Waals surface area contributed by atoms with E-state index in [-0.39, 0.29) is 5.91 Å². The molecule has 3 atom stereocenters. The van der Waals surface area contributed by atoms with Crippen LogP contribution in [0, 0.1) is 0 Å². The van der Waals surface area contributed by atoms with Gasteiger partial charge in [0.1, 0.15) is 6.10 Å². The van der Waals surface area contributed by atoms with Crippen LogP contribution in [-0.2, 0) is 9.53 Å². The molecule has 0 bridgehead atoms. The van der Waals surface area contributed by atoms with Crippen LogP contribution >= 0.6 is 11.8 Å². The number of β-amino-alcohol motifs (C(OH)–C–C–N with tert-alkyl or cyclic N) is 1. The van der Waals surface area contributed by atoms with E-state index in [0.717, 1.165) is 10.5 Å². The zero-order valence-corrected chi connectivity index (χ0v) is 21.6. The van der Waals surface area contributed by atoms with Crippen LogP contribution in [0.15, 0.2) is 47.5 Å². The maximum absolute atomic E-state index is 12.8. The number of fused-ring (bicyclic) bond motifs is 2. The van der Waals surface area contributed by atoms with Gasteiger partial charge in [0.2, 0.25) is 11.8 Å². The predicted octanol–water partition coefficient (Wildman–Crippen LogP) is 2.06. The minimum absolute atomic E-state index is 0.0631. The number of carbonyl (C=O) groups excluding carboxylic acids is 2. The number of aromatic nitrogens is 2. The molecule has 12 heteroatoms. The molecule has 11 nitrogen and oxygen atoms in total. The summed E-state index contributed by atoms with van der Waals surface area (Å²) in [6, 6.07) is 10.5. The number of benzene rings is 1. The molecule has 1 aromatic carbocycles. The second-order valence-corrected chi connectivity index (χ2v) is 10.6. The van der Waals surface area contributed by atoms with E-state index in [0.29, 0.717) is 66.6 Å². The largest absolute Gasteiger partial charge is 0.481 e. The SMILES string of the molecule is COc1ccc2nccc([C@@H](NCC3CN(c4ccc5c(c4)NC(=O)CS5)C(=O)O3)C3(O)CCNC3)c2n1. The lowest BCUT2D eigenvalue weighted by atomic mass is 9.87. The van der Waals surface area contributed by atoms with Crippen molar-refractivity contribution in [3.63, 3.8) is 0 Å². The van der Waals surface area contributed by atoms with Gasteiger partial charge in [-0.05, 0) is 43.3 Å². The number of pyridine rings is 2. The van der Waals surface area contributed by atoms with Gasteiger partial charge in [0.05, 0.1) is 47.8 Å². The van der Waals surface area contributed by atoms with Crippen LogP contribution < -0.4 is 25.6 Å². The average molecular weight is 537 g/mol. The van der Waals surface area contributed by atoms with Gasteiger partial charge >= 0.3 is 6.09 Å². The Morgan fingerprint density at radius 1 is 1.32 bits per heavy atom. The van der Waals surface area contributed by atoms with Crippen molar-refractivity contribution in [2.24, 2.45) is 0 Å². The maximum Gasteiger partial charge on any atom is 0.414 e. The molecule has 0 aliphatic carbocycles. The number of nitrogens with one attached hydrogen (secondary N) is 3. The number of anilines is 2. The fourth-order valence-electron chi connectivity index (χ4n) is 5.23. The quantitative estimate of drug-likeness (QED) is 0.355. The molecule has 198 valence electrons. The number of nitrogens with zero attached hydrogens (tertiary/aromatic N) is 3. The molecule has 2 aromatic heterocycles. The molecule has 0 spiro atoms. The molecule has 3 aliphatic heterocycles. The van der Waals surface area contributed by atoms with Gasteiger partial charge in [-0.3, -0.25) is 14.7 Å². The molecule has 0 saturated carbocycles. The van der Waals surface area contributed by atoms with Crippen LogP contribution in [-0.4, -0.2) is 77.8 Å². The number of carbonyl (C=O) groups is 2. The number of ether oxygens (including phenoxy) is 2. The second-order valence-electron chi connectivity index (χ2n) is 9.63. The van der Waals surface area contributed by atoms with Crippen LogP contribution in [0.5, 0.6) is 5.88 Å². The van der Waals surface area contributed by atoms with Crippen molar-refractivity contribution in [3.8, 4) is 5.88 Å². The molecule has 5 heterocycles. The fraction of sp³-hybridized carbons (Fsp3) is 0.385. The van der Waals surface area contributed by atoms with Crippen molar-refractivity contribution in [1.82, 2.24) is 20.6 Å². The number of hydrogen-bond acceptors (Lipinski definition) is 10. The highest BCUT2D eigenvalue weighted by Crippen LogP contribution is 2.37. The van der Waals surface area contributed by atoms with Crippen molar-refractivity contribution in [2.45, 2.75) is 29.1 Å². The molecule has 3 aliphatic rings. The third-order valence-electron chi connectivity index (χ3n) is 7.14. The highest BCUT2D eigenvalue weighted by molar-refractivity contribution is 8.00. The first-order chi connectivity index (χ1) is 18.4. The Morgan fingerprint density at radius 2 is 2.21 bits per heavy atom. The molecule has 38 heavy (non-hydrogen) atoms. The van der Waals surface area contributed by atoms with Gasteiger partial charge < -0.3 is 30.5 Å². The Morgan fingerprint density at radius 3 is 3.03 bits per heavy atom. The van der Waals surface area contributed by atoms with Crippen LogP contribution in [0.25, 0.3) is 11.0 Å². The fourth-order valence-corrected chi connectivity index (χ4v) is 6.02. The molecule has 0 radical (unpaired) electrons. The highest BCUT2D eigenvalue weighted by Gasteiger charge is 2.42. The number of methoxy groups -OCH3 is 1. The molecular formula is C26H28N6O5S. The first-order valence-corrected chi connectivity index (χ1v) is 13.4. The molecule has 2 unspecified atom stereocenters. The first-order valence-electron chi connectivity index (χ1n) is 12.4. The highest BCUT2D eigenvalue weighted by atomic mass is 32.2. The summed E-state index contributed by atoms with van der Waals surface area (Å²) in [4.78, 5) is 36.2. The number of hydrogen-bond donors (Lipinski definition) is 4. The van der Waals surface area contributed by atoms with Crippen LogP contribution in [0.3, 0.4) is 0 Å². The lowest BCUT2D eigenvalue weighted by Gasteiger charge is -2.34. The predicted molar refractivity (Wildman–Crippen MR) is 143 cm³/mol. The normalized spacial score (nSPS) is 23.7. The molecule has 6 rings (SSSR count). The van der Waals surface area contributed by atoms with Crippen LogP contribution in [0.4, 0.5) is 16.2 Å². The number of amides is 2. The minimum atomic E-state index is -1.07. The Balaban J connectivity index is 1.23. The summed E-state index contributed by atoms with van der Waals surface area (Å²) in [5.41, 5.74) is 2.41. The minimum Gasteiger partial charge on any atom is -0.481 e. The van der Waals surface area contributed by atoms with Gasteiger partial charge in [-0.15, -0.1) is 11.8 Å². The Kier molecular flexibility index (Phi) is 6.56. The van der Waals surface area contributed by atoms with Gasteiger partial charge in [0.15, 0.2) is 0 Å². The van der Waals surface area contributed by atoms with Crippen molar-refractivity contribution < 1.29 is 24.2 Å². The van der Waals surface area contributed by atoms with Crippen molar-refractivity contribution in [3.05, 3.63) is 48.2 Å². The second kappa shape index (κ2) is 10.0. The van der Waals surface area contributed by atoms with Crippen molar-refractivity contribution in [1.29, 1.82) is 0 Å². The number of aliphatic hydroxyl groups is 1. The lowest BCUT2D eigenvalue weighted by Crippen LogP contribution is -2.48. The molecule has 2 fully saturated rings. The number of rotatable bonds is 7. The molecule has 2 amide bonds. The Labute approximate surface area is 223 Å². The van der Waals surface area contributed by atoms with Gasteiger partial charge in [0.25, 0.3) is 0 Å². The first kappa shape index (κ1) is 24.9. The van der Waals surface area contributed by atoms with E-state index < -0.39 is 23.8 Å². The summed E-state index contributed by atoms with van der Waals surface area (Å²) < 4.78 is 11.0. The summed E-state index contributed by atoms with van der Waals surface area (Å²) >= 11 is 1.47. The van der Waals surface area contributed by atoms with E-state index in [1.165, 1.54) is 11.8 Å². The van der Waals surface area contributed by atoms with Crippen LogP contribution in [0.1, 0.15) is 18.0 Å². The van der Waals surface area contributed by atoms with Crippen molar-refractivity contribution in [2.75, 3.05) is 49.3 Å². The van der Waals surface area contributed by atoms with E-state index in [1.54, 1.807) is 30.3 Å². The third-order valence-corrected chi connectivity index (χ3v) is 8.22. The van der Waals surface area contributed by atoms with Crippen LogP contribution in [0.2, 0.25) is 0 Å². The topological polar surface area (TPSA) is 138 Å². The number of thioether (sulfide) groups is 1. The third kappa shape index (κ3) is 4.64. The standard InChI is InChI=1S/C26H28N6O5S/c1-36-22-5-3-18-23(31-22)17(6-8-28-18)24(26(35)7-9-27-14-26)29-11-16-12-32(25(34)37-16)15-2-4-20-19(10-15)30-21(33)13-38-20/h2-6,8,10,16,24,27,29,35H,7,9,11-14H2,1H3,(H,30,33)/t16?,24-,26?/m1/s1. The van der Waals surface area contributed by atoms with E-state index in [9.17, 15) is 14.7 Å². The Hall–Kier alpha value is -3.45. The lowest BCUT2D eigenvalue weighted by molar-refractivity contribution is -0.113. The van der Waals surface area contributed by atoms with Gasteiger partial charge in [-0.2, -0.15) is 0 Å². The van der Waals surface area contributed by atoms with E-state index >= 15 is 0 Å². The summed E-state index contributed by atoms with van der Waals surface area (Å²) in [7, 11) is 1.56.